The van der Waals surface area contributed by atoms with Crippen molar-refractivity contribution in [3.63, 3.8) is 0 Å². The SMILES string of the molecule is Cc1ccc(CN(C)C(=O)COC(=O)c2cccc(N3C(=O)CCC3=O)c2)cc1. The minimum Gasteiger partial charge on any atom is -0.452 e. The van der Waals surface area contributed by atoms with Crippen molar-refractivity contribution in [1.82, 2.24) is 4.90 Å². The summed E-state index contributed by atoms with van der Waals surface area (Å²) in [6.45, 7) is 2.00. The maximum absolute atomic E-state index is 12.3. The van der Waals surface area contributed by atoms with Gasteiger partial charge in [0.1, 0.15) is 0 Å². The molecule has 3 amide bonds. The summed E-state index contributed by atoms with van der Waals surface area (Å²) in [7, 11) is 1.64. The number of ether oxygens (including phenoxy) is 1. The van der Waals surface area contributed by atoms with Crippen LogP contribution in [0.25, 0.3) is 0 Å². The molecule has 0 unspecified atom stereocenters. The Morgan fingerprint density at radius 1 is 1.03 bits per heavy atom. The van der Waals surface area contributed by atoms with Gasteiger partial charge in [0, 0.05) is 26.4 Å². The second-order valence-corrected chi connectivity index (χ2v) is 6.98. The summed E-state index contributed by atoms with van der Waals surface area (Å²) >= 11 is 0. The Morgan fingerprint density at radius 3 is 2.34 bits per heavy atom. The summed E-state index contributed by atoms with van der Waals surface area (Å²) in [4.78, 5) is 50.9. The van der Waals surface area contributed by atoms with E-state index >= 15 is 0 Å². The van der Waals surface area contributed by atoms with Crippen LogP contribution < -0.4 is 4.90 Å². The van der Waals surface area contributed by atoms with Crippen molar-refractivity contribution >= 4 is 29.4 Å². The first kappa shape index (κ1) is 20.3. The van der Waals surface area contributed by atoms with Gasteiger partial charge in [-0.1, -0.05) is 35.9 Å². The number of esters is 1. The molecule has 3 rings (SSSR count). The van der Waals surface area contributed by atoms with E-state index in [4.69, 9.17) is 4.74 Å². The van der Waals surface area contributed by atoms with Crippen LogP contribution in [0.15, 0.2) is 48.5 Å². The number of carbonyl (C=O) groups excluding carboxylic acids is 4. The largest absolute Gasteiger partial charge is 0.452 e. The van der Waals surface area contributed by atoms with Crippen LogP contribution in [-0.4, -0.2) is 42.2 Å². The van der Waals surface area contributed by atoms with Gasteiger partial charge in [0.05, 0.1) is 11.3 Å². The second-order valence-electron chi connectivity index (χ2n) is 6.98. The van der Waals surface area contributed by atoms with Gasteiger partial charge in [-0.05, 0) is 30.7 Å². The molecule has 150 valence electrons. The molecule has 2 aromatic rings. The molecule has 0 N–H and O–H groups in total. The van der Waals surface area contributed by atoms with E-state index in [0.29, 0.717) is 12.2 Å². The second kappa shape index (κ2) is 8.68. The Hall–Kier alpha value is -3.48. The molecule has 1 saturated heterocycles. The maximum Gasteiger partial charge on any atom is 0.338 e. The number of anilines is 1. The highest BCUT2D eigenvalue weighted by atomic mass is 16.5. The average molecular weight is 394 g/mol. The van der Waals surface area contributed by atoms with Crippen molar-refractivity contribution in [2.75, 3.05) is 18.6 Å². The highest BCUT2D eigenvalue weighted by molar-refractivity contribution is 6.20. The molecule has 7 nitrogen and oxygen atoms in total. The van der Waals surface area contributed by atoms with E-state index in [9.17, 15) is 19.2 Å². The van der Waals surface area contributed by atoms with Crippen LogP contribution in [0.4, 0.5) is 5.69 Å². The number of hydrogen-bond acceptors (Lipinski definition) is 5. The minimum atomic E-state index is -0.692. The Labute approximate surface area is 168 Å². The number of benzene rings is 2. The molecule has 1 aliphatic heterocycles. The number of rotatable bonds is 6. The van der Waals surface area contributed by atoms with Crippen molar-refractivity contribution < 1.29 is 23.9 Å². The van der Waals surface area contributed by atoms with Gasteiger partial charge >= 0.3 is 5.97 Å². The number of nitrogens with zero attached hydrogens (tertiary/aromatic N) is 2. The smallest absolute Gasteiger partial charge is 0.338 e. The van der Waals surface area contributed by atoms with Crippen molar-refractivity contribution in [3.8, 4) is 0 Å². The Balaban J connectivity index is 1.58. The molecule has 1 fully saturated rings. The third-order valence-electron chi connectivity index (χ3n) is 4.68. The Morgan fingerprint density at radius 2 is 1.69 bits per heavy atom. The molecular weight excluding hydrogens is 372 g/mol. The van der Waals surface area contributed by atoms with Crippen LogP contribution in [0.3, 0.4) is 0 Å². The molecule has 2 aromatic carbocycles. The highest BCUT2D eigenvalue weighted by Gasteiger charge is 2.30. The van der Waals surface area contributed by atoms with Crippen LogP contribution in [0.1, 0.15) is 34.3 Å². The molecule has 29 heavy (non-hydrogen) atoms. The zero-order valence-corrected chi connectivity index (χ0v) is 16.4. The fraction of sp³-hybridized carbons (Fsp3) is 0.273. The van der Waals surface area contributed by atoms with Gasteiger partial charge in [0.25, 0.3) is 5.91 Å². The molecule has 0 aromatic heterocycles. The zero-order chi connectivity index (χ0) is 21.0. The topological polar surface area (TPSA) is 84.0 Å². The lowest BCUT2D eigenvalue weighted by Crippen LogP contribution is -2.31. The van der Waals surface area contributed by atoms with E-state index in [1.165, 1.54) is 17.0 Å². The molecule has 0 bridgehead atoms. The first-order chi connectivity index (χ1) is 13.8. The number of carbonyl (C=O) groups is 4. The first-order valence-corrected chi connectivity index (χ1v) is 9.27. The van der Waals surface area contributed by atoms with Gasteiger partial charge in [-0.25, -0.2) is 4.79 Å². The monoisotopic (exact) mass is 394 g/mol. The summed E-state index contributed by atoms with van der Waals surface area (Å²) in [6.07, 6.45) is 0.324. The summed E-state index contributed by atoms with van der Waals surface area (Å²) in [5.41, 5.74) is 2.61. The molecular formula is C22H22N2O5. The van der Waals surface area contributed by atoms with Gasteiger partial charge in [-0.2, -0.15) is 0 Å². The predicted molar refractivity (Wildman–Crippen MR) is 106 cm³/mol. The fourth-order valence-corrected chi connectivity index (χ4v) is 3.01. The average Bonchev–Trinajstić information content (AvgIpc) is 3.05. The van der Waals surface area contributed by atoms with Crippen LogP contribution in [0.2, 0.25) is 0 Å². The lowest BCUT2D eigenvalue weighted by Gasteiger charge is -2.18. The van der Waals surface area contributed by atoms with E-state index in [1.807, 2.05) is 31.2 Å². The van der Waals surface area contributed by atoms with Gasteiger partial charge in [-0.3, -0.25) is 19.3 Å². The maximum atomic E-state index is 12.3. The molecule has 0 radical (unpaired) electrons. The number of likely N-dealkylation sites (N-methyl/N-ethyl adjacent to an activating group) is 1. The zero-order valence-electron chi connectivity index (χ0n) is 16.4. The number of aryl methyl sites for hydroxylation is 1. The van der Waals surface area contributed by atoms with E-state index in [2.05, 4.69) is 0 Å². The summed E-state index contributed by atoms with van der Waals surface area (Å²) < 4.78 is 5.12. The number of imide groups is 1. The van der Waals surface area contributed by atoms with Crippen LogP contribution in [0.5, 0.6) is 0 Å². The van der Waals surface area contributed by atoms with Crippen molar-refractivity contribution in [3.05, 3.63) is 65.2 Å². The quantitative estimate of drug-likeness (QED) is 0.555. The number of hydrogen-bond donors (Lipinski definition) is 0. The van der Waals surface area contributed by atoms with Gasteiger partial charge in [-0.15, -0.1) is 0 Å². The lowest BCUT2D eigenvalue weighted by atomic mass is 10.1. The van der Waals surface area contributed by atoms with E-state index in [0.717, 1.165) is 16.0 Å². The molecule has 0 saturated carbocycles. The highest BCUT2D eigenvalue weighted by Crippen LogP contribution is 2.23. The van der Waals surface area contributed by atoms with Crippen molar-refractivity contribution in [2.24, 2.45) is 0 Å². The predicted octanol–water partition coefficient (Wildman–Crippen LogP) is 2.46. The molecule has 1 aliphatic rings. The summed E-state index contributed by atoms with van der Waals surface area (Å²) in [5, 5.41) is 0. The third-order valence-corrected chi connectivity index (χ3v) is 4.68. The molecule has 0 spiro atoms. The van der Waals surface area contributed by atoms with Gasteiger partial charge in [0.15, 0.2) is 6.61 Å². The third kappa shape index (κ3) is 4.87. The summed E-state index contributed by atoms with van der Waals surface area (Å²) in [5.74, 6) is -1.62. The first-order valence-electron chi connectivity index (χ1n) is 9.27. The van der Waals surface area contributed by atoms with Crippen LogP contribution in [0, 0.1) is 6.92 Å². The van der Waals surface area contributed by atoms with Crippen molar-refractivity contribution in [1.29, 1.82) is 0 Å². The minimum absolute atomic E-state index is 0.162. The Kier molecular flexibility index (Phi) is 6.07. The lowest BCUT2D eigenvalue weighted by molar-refractivity contribution is -0.133. The van der Waals surface area contributed by atoms with Crippen LogP contribution >= 0.6 is 0 Å². The Bertz CT molecular complexity index is 936. The van der Waals surface area contributed by atoms with Gasteiger partial charge < -0.3 is 9.64 Å². The fourth-order valence-electron chi connectivity index (χ4n) is 3.01. The van der Waals surface area contributed by atoms with Crippen molar-refractivity contribution in [2.45, 2.75) is 26.3 Å². The molecule has 1 heterocycles. The van der Waals surface area contributed by atoms with Gasteiger partial charge in [0.2, 0.25) is 11.8 Å². The normalized spacial score (nSPS) is 13.5. The van der Waals surface area contributed by atoms with E-state index in [-0.39, 0.29) is 36.1 Å². The van der Waals surface area contributed by atoms with E-state index < -0.39 is 12.6 Å². The number of amides is 3. The van der Waals surface area contributed by atoms with Crippen LogP contribution in [-0.2, 0) is 25.7 Å². The standard InChI is InChI=1S/C22H22N2O5/c1-15-6-8-16(9-7-15)13-23(2)21(27)14-29-22(28)17-4-3-5-18(12-17)24-19(25)10-11-20(24)26/h3-9,12H,10-11,13-14H2,1-2H3. The summed E-state index contributed by atoms with van der Waals surface area (Å²) in [6, 6.07) is 13.9. The van der Waals surface area contributed by atoms with E-state index in [1.54, 1.807) is 19.2 Å². The molecule has 0 aliphatic carbocycles. The molecule has 0 atom stereocenters. The molecule has 7 heteroatoms.